The first kappa shape index (κ1) is 18.0. The minimum atomic E-state index is 0.0965. The Bertz CT molecular complexity index is 1130. The maximum absolute atomic E-state index is 13.1. The van der Waals surface area contributed by atoms with Crippen LogP contribution in [0.15, 0.2) is 64.5 Å². The molecule has 7 heteroatoms. The van der Waals surface area contributed by atoms with Crippen molar-refractivity contribution < 1.29 is 9.32 Å². The molecular formula is C22H20N4O2S. The van der Waals surface area contributed by atoms with Crippen molar-refractivity contribution >= 4 is 28.0 Å². The van der Waals surface area contributed by atoms with Gasteiger partial charge in [0.15, 0.2) is 0 Å². The number of amides is 1. The Morgan fingerprint density at radius 1 is 1.00 bits per heavy atom. The first-order chi connectivity index (χ1) is 14.3. The molecule has 1 amide bonds. The van der Waals surface area contributed by atoms with Crippen LogP contribution in [0.1, 0.15) is 16.2 Å². The van der Waals surface area contributed by atoms with Crippen LogP contribution in [0.5, 0.6) is 0 Å². The summed E-state index contributed by atoms with van der Waals surface area (Å²) in [6.07, 6.45) is 0. The highest BCUT2D eigenvalue weighted by Gasteiger charge is 2.24. The summed E-state index contributed by atoms with van der Waals surface area (Å²) < 4.78 is 5.41. The number of thiophene rings is 1. The number of carbonyl (C=O) groups excluding carboxylic acids is 1. The van der Waals surface area contributed by atoms with Crippen molar-refractivity contribution in [3.8, 4) is 10.7 Å². The number of fused-ring (bicyclic) bond motifs is 1. The van der Waals surface area contributed by atoms with Crippen molar-refractivity contribution in [3.05, 3.63) is 71.4 Å². The van der Waals surface area contributed by atoms with Gasteiger partial charge >= 0.3 is 0 Å². The normalized spacial score (nSPS) is 15.1. The highest BCUT2D eigenvalue weighted by atomic mass is 32.1. The second kappa shape index (κ2) is 7.77. The van der Waals surface area contributed by atoms with E-state index in [9.17, 15) is 4.79 Å². The second-order valence-electron chi connectivity index (χ2n) is 7.08. The van der Waals surface area contributed by atoms with Crippen molar-refractivity contribution in [3.63, 3.8) is 0 Å². The minimum Gasteiger partial charge on any atom is -0.338 e. The summed E-state index contributed by atoms with van der Waals surface area (Å²) in [5.74, 6) is 1.35. The Morgan fingerprint density at radius 2 is 1.83 bits per heavy atom. The highest BCUT2D eigenvalue weighted by Crippen LogP contribution is 2.23. The molecule has 0 atom stereocenters. The SMILES string of the molecule is O=C(c1cccc2ccccc12)N1CCN(Cc2nc(-c3cccs3)no2)CC1. The van der Waals surface area contributed by atoms with E-state index in [2.05, 4.69) is 15.0 Å². The second-order valence-corrected chi connectivity index (χ2v) is 8.03. The van der Waals surface area contributed by atoms with Crippen LogP contribution >= 0.6 is 11.3 Å². The molecule has 5 rings (SSSR count). The van der Waals surface area contributed by atoms with E-state index in [-0.39, 0.29) is 5.91 Å². The molecule has 0 radical (unpaired) electrons. The summed E-state index contributed by atoms with van der Waals surface area (Å²) in [4.78, 5) is 22.8. The van der Waals surface area contributed by atoms with Gasteiger partial charge in [0, 0.05) is 31.7 Å². The van der Waals surface area contributed by atoms with Gasteiger partial charge in [0.25, 0.3) is 5.91 Å². The number of rotatable bonds is 4. The fourth-order valence-electron chi connectivity index (χ4n) is 3.71. The van der Waals surface area contributed by atoms with Gasteiger partial charge in [-0.25, -0.2) is 0 Å². The van der Waals surface area contributed by atoms with Crippen LogP contribution in [-0.4, -0.2) is 52.0 Å². The monoisotopic (exact) mass is 404 g/mol. The van der Waals surface area contributed by atoms with Gasteiger partial charge in [-0.2, -0.15) is 4.98 Å². The van der Waals surface area contributed by atoms with E-state index in [1.165, 1.54) is 0 Å². The number of hydrogen-bond donors (Lipinski definition) is 0. The molecule has 0 N–H and O–H groups in total. The zero-order valence-corrected chi connectivity index (χ0v) is 16.6. The van der Waals surface area contributed by atoms with Gasteiger partial charge in [0.05, 0.1) is 11.4 Å². The third-order valence-corrected chi connectivity index (χ3v) is 6.11. The van der Waals surface area contributed by atoms with Gasteiger partial charge in [-0.3, -0.25) is 9.69 Å². The van der Waals surface area contributed by atoms with Crippen LogP contribution in [0.3, 0.4) is 0 Å². The standard InChI is InChI=1S/C22H20N4O2S/c27-22(18-8-3-6-16-5-1-2-7-17(16)18)26-12-10-25(11-13-26)15-20-23-21(24-28-20)19-9-4-14-29-19/h1-9,14H,10-13,15H2. The molecule has 1 aliphatic heterocycles. The lowest BCUT2D eigenvalue weighted by Crippen LogP contribution is -2.48. The lowest BCUT2D eigenvalue weighted by atomic mass is 10.0. The Hall–Kier alpha value is -3.03. The largest absolute Gasteiger partial charge is 0.338 e. The maximum atomic E-state index is 13.1. The van der Waals surface area contributed by atoms with Crippen LogP contribution in [-0.2, 0) is 6.54 Å². The lowest BCUT2D eigenvalue weighted by molar-refractivity contribution is 0.0617. The summed E-state index contributed by atoms with van der Waals surface area (Å²) in [5, 5.41) is 8.17. The number of piperazine rings is 1. The molecule has 0 spiro atoms. The number of benzene rings is 2. The molecule has 29 heavy (non-hydrogen) atoms. The van der Waals surface area contributed by atoms with E-state index in [0.717, 1.165) is 34.3 Å². The van der Waals surface area contributed by atoms with Crippen LogP contribution < -0.4 is 0 Å². The fraction of sp³-hybridized carbons (Fsp3) is 0.227. The first-order valence-corrected chi connectivity index (χ1v) is 10.5. The van der Waals surface area contributed by atoms with Gasteiger partial charge in [-0.15, -0.1) is 11.3 Å². The molecule has 1 aliphatic rings. The zero-order valence-electron chi connectivity index (χ0n) is 15.8. The summed E-state index contributed by atoms with van der Waals surface area (Å²) >= 11 is 1.59. The molecule has 0 unspecified atom stereocenters. The summed E-state index contributed by atoms with van der Waals surface area (Å²) in [7, 11) is 0. The molecule has 4 aromatic rings. The average Bonchev–Trinajstić information content (AvgIpc) is 3.45. The van der Waals surface area contributed by atoms with Crippen molar-refractivity contribution in [1.29, 1.82) is 0 Å². The van der Waals surface area contributed by atoms with Crippen molar-refractivity contribution in [1.82, 2.24) is 19.9 Å². The molecule has 0 bridgehead atoms. The topological polar surface area (TPSA) is 62.5 Å². The summed E-state index contributed by atoms with van der Waals surface area (Å²) in [6, 6.07) is 17.9. The van der Waals surface area contributed by atoms with E-state index in [4.69, 9.17) is 4.52 Å². The molecule has 6 nitrogen and oxygen atoms in total. The highest BCUT2D eigenvalue weighted by molar-refractivity contribution is 7.13. The fourth-order valence-corrected chi connectivity index (χ4v) is 4.36. The summed E-state index contributed by atoms with van der Waals surface area (Å²) in [6.45, 7) is 3.55. The van der Waals surface area contributed by atoms with E-state index in [0.29, 0.717) is 31.3 Å². The van der Waals surface area contributed by atoms with Gasteiger partial charge in [-0.05, 0) is 28.3 Å². The Morgan fingerprint density at radius 3 is 2.66 bits per heavy atom. The van der Waals surface area contributed by atoms with Gasteiger partial charge in [0.2, 0.25) is 11.7 Å². The van der Waals surface area contributed by atoms with Gasteiger partial charge in [-0.1, -0.05) is 47.6 Å². The molecule has 0 aliphatic carbocycles. The quantitative estimate of drug-likeness (QED) is 0.516. The molecule has 146 valence electrons. The Labute approximate surface area is 172 Å². The number of carbonyl (C=O) groups is 1. The van der Waals surface area contributed by atoms with Crippen molar-refractivity contribution in [2.45, 2.75) is 6.54 Å². The average molecular weight is 404 g/mol. The molecule has 1 saturated heterocycles. The molecule has 2 aromatic carbocycles. The van der Waals surface area contributed by atoms with E-state index in [1.807, 2.05) is 64.9 Å². The van der Waals surface area contributed by atoms with Crippen LogP contribution in [0.2, 0.25) is 0 Å². The molecule has 2 aromatic heterocycles. The van der Waals surface area contributed by atoms with Gasteiger partial charge < -0.3 is 9.42 Å². The maximum Gasteiger partial charge on any atom is 0.254 e. The Balaban J connectivity index is 1.23. The van der Waals surface area contributed by atoms with Crippen LogP contribution in [0.25, 0.3) is 21.5 Å². The number of nitrogens with zero attached hydrogens (tertiary/aromatic N) is 4. The number of hydrogen-bond acceptors (Lipinski definition) is 6. The van der Waals surface area contributed by atoms with E-state index >= 15 is 0 Å². The predicted molar refractivity (Wildman–Crippen MR) is 113 cm³/mol. The lowest BCUT2D eigenvalue weighted by Gasteiger charge is -2.34. The first-order valence-electron chi connectivity index (χ1n) is 9.64. The smallest absolute Gasteiger partial charge is 0.254 e. The van der Waals surface area contributed by atoms with E-state index < -0.39 is 0 Å². The molecular weight excluding hydrogens is 384 g/mol. The predicted octanol–water partition coefficient (Wildman–Crippen LogP) is 3.91. The van der Waals surface area contributed by atoms with Gasteiger partial charge in [0.1, 0.15) is 0 Å². The minimum absolute atomic E-state index is 0.0965. The van der Waals surface area contributed by atoms with Crippen molar-refractivity contribution in [2.24, 2.45) is 0 Å². The number of aromatic nitrogens is 2. The molecule has 0 saturated carbocycles. The third-order valence-electron chi connectivity index (χ3n) is 5.25. The third kappa shape index (κ3) is 3.66. The van der Waals surface area contributed by atoms with Crippen LogP contribution in [0, 0.1) is 0 Å². The van der Waals surface area contributed by atoms with Crippen LogP contribution in [0.4, 0.5) is 0 Å². The van der Waals surface area contributed by atoms with Crippen molar-refractivity contribution in [2.75, 3.05) is 26.2 Å². The summed E-state index contributed by atoms with van der Waals surface area (Å²) in [5.41, 5.74) is 0.772. The molecule has 1 fully saturated rings. The van der Waals surface area contributed by atoms with E-state index in [1.54, 1.807) is 11.3 Å². The zero-order chi connectivity index (χ0) is 19.6. The molecule has 3 heterocycles. The Kier molecular flexibility index (Phi) is 4.83.